The van der Waals surface area contributed by atoms with Gasteiger partial charge in [-0.2, -0.15) is 11.1 Å². The van der Waals surface area contributed by atoms with Gasteiger partial charge in [-0.3, -0.25) is 22.5 Å². The molecule has 0 amide bonds. The zero-order valence-electron chi connectivity index (χ0n) is 18.9. The minimum absolute atomic E-state index is 0. The Hall–Kier alpha value is -0.998. The molecule has 0 unspecified atom stereocenters. The first-order valence-electron chi connectivity index (χ1n) is 10.3. The molecule has 3 aromatic rings. The molecule has 1 N–H and O–H groups in total. The number of nitrogens with zero attached hydrogens (tertiary/aromatic N) is 2. The van der Waals surface area contributed by atoms with E-state index in [1.807, 2.05) is 71.0 Å². The van der Waals surface area contributed by atoms with E-state index in [1.54, 1.807) is 9.36 Å². The van der Waals surface area contributed by atoms with Crippen LogP contribution in [0.4, 0.5) is 0 Å². The number of aromatic hydroxyl groups is 1. The smallest absolute Gasteiger partial charge is 0.275 e. The molecule has 0 aliphatic carbocycles. The first-order chi connectivity index (χ1) is 14.2. The summed E-state index contributed by atoms with van der Waals surface area (Å²) in [6, 6.07) is 18.1. The summed E-state index contributed by atoms with van der Waals surface area (Å²) in [6.45, 7) is 11.7. The molecule has 0 spiro atoms. The summed E-state index contributed by atoms with van der Waals surface area (Å²) in [6.07, 6.45) is 0. The monoisotopic (exact) mass is 667 g/mol. The molecule has 1 aromatic heterocycles. The van der Waals surface area contributed by atoms with Crippen molar-refractivity contribution in [1.82, 2.24) is 9.36 Å². The van der Waals surface area contributed by atoms with E-state index in [-0.39, 0.29) is 65.2 Å². The number of hydrogen-bond donors (Lipinski definition) is 1. The third-order valence-electron chi connectivity index (χ3n) is 4.49. The van der Waals surface area contributed by atoms with Gasteiger partial charge in [0.15, 0.2) is 0 Å². The van der Waals surface area contributed by atoms with E-state index in [1.165, 1.54) is 0 Å². The van der Waals surface area contributed by atoms with Gasteiger partial charge in [0, 0.05) is 53.8 Å². The van der Waals surface area contributed by atoms with Crippen molar-refractivity contribution >= 4 is 0 Å². The predicted molar refractivity (Wildman–Crippen MR) is 117 cm³/mol. The van der Waals surface area contributed by atoms with E-state index in [9.17, 15) is 9.90 Å². The number of fused-ring (bicyclic) bond motifs is 1. The maximum absolute atomic E-state index is 12.9. The molecule has 0 saturated carbocycles. The van der Waals surface area contributed by atoms with Crippen LogP contribution in [0.3, 0.4) is 0 Å². The summed E-state index contributed by atoms with van der Waals surface area (Å²) < 4.78 is 8.53. The summed E-state index contributed by atoms with van der Waals surface area (Å²) in [5.41, 5.74) is 3.30. The molecule has 5 nitrogen and oxygen atoms in total. The van der Waals surface area contributed by atoms with Gasteiger partial charge in [0.1, 0.15) is 0 Å². The van der Waals surface area contributed by atoms with Crippen LogP contribution in [-0.2, 0) is 71.6 Å². The SMILES string of the molecule is CC.CC.Cc1c[c-]c(-c2ccccc2)[c-]c1-c1c(O)n2n(c1=O)CCOCC2.[W].[Y]. The van der Waals surface area contributed by atoms with Crippen molar-refractivity contribution in [2.24, 2.45) is 0 Å². The second kappa shape index (κ2) is 14.9. The average molecular weight is 667 g/mol. The Morgan fingerprint density at radius 1 is 1.00 bits per heavy atom. The van der Waals surface area contributed by atoms with Gasteiger partial charge in [-0.25, -0.2) is 21.0 Å². The molecular formula is C24H30N2O3WY-2. The topological polar surface area (TPSA) is 56.4 Å². The molecule has 0 fully saturated rings. The molecule has 1 radical (unpaired) electrons. The predicted octanol–water partition coefficient (Wildman–Crippen LogP) is 4.68. The Morgan fingerprint density at radius 3 is 2.19 bits per heavy atom. The van der Waals surface area contributed by atoms with Crippen LogP contribution in [0, 0.1) is 19.1 Å². The maximum Gasteiger partial charge on any atom is 0.275 e. The van der Waals surface area contributed by atoms with Gasteiger partial charge in [-0.1, -0.05) is 45.9 Å². The van der Waals surface area contributed by atoms with Crippen molar-refractivity contribution in [3.63, 3.8) is 0 Å². The summed E-state index contributed by atoms with van der Waals surface area (Å²) in [4.78, 5) is 12.9. The molecule has 31 heavy (non-hydrogen) atoms. The van der Waals surface area contributed by atoms with Crippen LogP contribution >= 0.6 is 0 Å². The summed E-state index contributed by atoms with van der Waals surface area (Å²) >= 11 is 0. The fourth-order valence-corrected chi connectivity index (χ4v) is 3.18. The number of rotatable bonds is 2. The van der Waals surface area contributed by atoms with E-state index in [4.69, 9.17) is 4.74 Å². The van der Waals surface area contributed by atoms with E-state index < -0.39 is 0 Å². The number of hydrogen-bond acceptors (Lipinski definition) is 3. The second-order valence-corrected chi connectivity index (χ2v) is 6.08. The Morgan fingerprint density at radius 2 is 1.58 bits per heavy atom. The van der Waals surface area contributed by atoms with E-state index in [0.29, 0.717) is 37.4 Å². The van der Waals surface area contributed by atoms with Crippen LogP contribution in [-0.4, -0.2) is 27.7 Å². The van der Waals surface area contributed by atoms with Gasteiger partial charge in [0.05, 0.1) is 31.9 Å². The van der Waals surface area contributed by atoms with Crippen LogP contribution in [0.5, 0.6) is 5.88 Å². The van der Waals surface area contributed by atoms with Crippen LogP contribution in [0.15, 0.2) is 41.2 Å². The maximum atomic E-state index is 12.9. The zero-order valence-corrected chi connectivity index (χ0v) is 24.7. The Bertz CT molecular complexity index is 984. The molecular weight excluding hydrogens is 637 g/mol. The molecule has 0 bridgehead atoms. The molecule has 165 valence electrons. The van der Waals surface area contributed by atoms with Gasteiger partial charge in [0.2, 0.25) is 5.88 Å². The van der Waals surface area contributed by atoms with Gasteiger partial charge in [-0.05, 0) is 0 Å². The standard InChI is InChI=1S/C20H18N2O3.2C2H6.W.Y/c1-14-7-8-16(15-5-3-2-4-6-15)13-17(14)18-19(23)21-9-11-25-12-10-22(21)20(18)24;2*1-2;;/h2-7,23H,9-12H2,1H3;2*1-2H3;;/q-2;;;;. The molecule has 1 aliphatic heterocycles. The third kappa shape index (κ3) is 6.74. The Balaban J connectivity index is 0.00000142. The molecule has 2 aromatic carbocycles. The van der Waals surface area contributed by atoms with Gasteiger partial charge in [-0.15, -0.1) is 19.1 Å². The van der Waals surface area contributed by atoms with E-state index in [0.717, 1.165) is 16.7 Å². The Labute approximate surface area is 224 Å². The fourth-order valence-electron chi connectivity index (χ4n) is 3.18. The summed E-state index contributed by atoms with van der Waals surface area (Å²) in [5.74, 6) is -0.0277. The minimum Gasteiger partial charge on any atom is -0.493 e. The quantitative estimate of drug-likeness (QED) is 0.405. The number of ether oxygens (including phenoxy) is 1. The van der Waals surface area contributed by atoms with Gasteiger partial charge < -0.3 is 9.84 Å². The molecule has 1 aliphatic rings. The number of aromatic nitrogens is 2. The van der Waals surface area contributed by atoms with Crippen molar-refractivity contribution < 1.29 is 63.6 Å². The molecule has 0 atom stereocenters. The second-order valence-electron chi connectivity index (χ2n) is 6.08. The largest absolute Gasteiger partial charge is 0.493 e. The van der Waals surface area contributed by atoms with Crippen LogP contribution in [0.2, 0.25) is 0 Å². The normalized spacial score (nSPS) is 11.8. The van der Waals surface area contributed by atoms with Crippen molar-refractivity contribution in [3.05, 3.63) is 64.4 Å². The Kier molecular flexibility index (Phi) is 14.5. The molecule has 0 saturated heterocycles. The third-order valence-corrected chi connectivity index (χ3v) is 4.49. The first-order valence-corrected chi connectivity index (χ1v) is 10.3. The van der Waals surface area contributed by atoms with Crippen molar-refractivity contribution in [1.29, 1.82) is 0 Å². The van der Waals surface area contributed by atoms with E-state index in [2.05, 4.69) is 12.1 Å². The summed E-state index contributed by atoms with van der Waals surface area (Å²) in [5, 5.41) is 10.7. The van der Waals surface area contributed by atoms with Crippen LogP contribution in [0.1, 0.15) is 33.3 Å². The summed E-state index contributed by atoms with van der Waals surface area (Å²) in [7, 11) is 0. The van der Waals surface area contributed by atoms with Crippen LogP contribution < -0.4 is 5.56 Å². The minimum atomic E-state index is -0.215. The van der Waals surface area contributed by atoms with E-state index >= 15 is 0 Å². The number of aryl methyl sites for hydroxylation is 1. The zero-order chi connectivity index (χ0) is 21.4. The molecule has 4 rings (SSSR count). The average Bonchev–Trinajstić information content (AvgIpc) is 2.94. The fraction of sp³-hybridized carbons (Fsp3) is 0.375. The van der Waals surface area contributed by atoms with Gasteiger partial charge in [0.25, 0.3) is 5.56 Å². The van der Waals surface area contributed by atoms with Crippen molar-refractivity contribution in [3.8, 4) is 28.1 Å². The van der Waals surface area contributed by atoms with Gasteiger partial charge >= 0.3 is 0 Å². The molecule has 2 heterocycles. The number of benzene rings is 2. The van der Waals surface area contributed by atoms with Crippen molar-refractivity contribution in [2.45, 2.75) is 47.7 Å². The first kappa shape index (κ1) is 30.0. The van der Waals surface area contributed by atoms with Crippen LogP contribution in [0.25, 0.3) is 22.3 Å². The van der Waals surface area contributed by atoms with Crippen molar-refractivity contribution in [2.75, 3.05) is 13.2 Å². The molecule has 7 heteroatoms.